The molecule has 1 aromatic carbocycles. The maximum atomic E-state index is 12.3. The van der Waals surface area contributed by atoms with Crippen LogP contribution in [0, 0.1) is 5.92 Å². The van der Waals surface area contributed by atoms with Gasteiger partial charge in [0.1, 0.15) is 0 Å². The van der Waals surface area contributed by atoms with Crippen LogP contribution in [-0.2, 0) is 11.8 Å². The number of rotatable bonds is 8. The minimum Gasteiger partial charge on any atom is -0.371 e. The Morgan fingerprint density at radius 1 is 1.16 bits per heavy atom. The maximum absolute atomic E-state index is 12.3. The lowest BCUT2D eigenvalue weighted by Crippen LogP contribution is -2.25. The minimum absolute atomic E-state index is 0.146. The number of amides is 1. The zero-order valence-corrected chi connectivity index (χ0v) is 19.7. The number of hydrogen-bond donors (Lipinski definition) is 1. The highest BCUT2D eigenvalue weighted by Gasteiger charge is 2.30. The number of anilines is 2. The van der Waals surface area contributed by atoms with Crippen LogP contribution in [0.1, 0.15) is 38.5 Å². The molecule has 1 N–H and O–H groups in total. The lowest BCUT2D eigenvalue weighted by Gasteiger charge is -2.26. The van der Waals surface area contributed by atoms with E-state index < -0.39 is 0 Å². The predicted octanol–water partition coefficient (Wildman–Crippen LogP) is 3.86. The third kappa shape index (κ3) is 5.60. The van der Waals surface area contributed by atoms with Crippen molar-refractivity contribution in [3.05, 3.63) is 18.2 Å². The highest BCUT2D eigenvalue weighted by Crippen LogP contribution is 2.36. The molecule has 7 nitrogen and oxygen atoms in total. The second-order valence-electron chi connectivity index (χ2n) is 8.91. The zero-order valence-electron chi connectivity index (χ0n) is 18.9. The molecule has 31 heavy (non-hydrogen) atoms. The van der Waals surface area contributed by atoms with Gasteiger partial charge in [0.15, 0.2) is 11.0 Å². The van der Waals surface area contributed by atoms with Crippen molar-refractivity contribution in [2.45, 2.75) is 43.7 Å². The fourth-order valence-corrected chi connectivity index (χ4v) is 4.97. The lowest BCUT2D eigenvalue weighted by molar-refractivity contribution is -0.117. The van der Waals surface area contributed by atoms with Gasteiger partial charge in [-0.05, 0) is 58.0 Å². The van der Waals surface area contributed by atoms with Crippen LogP contribution < -0.4 is 10.2 Å². The van der Waals surface area contributed by atoms with Crippen LogP contribution in [0.25, 0.3) is 11.4 Å². The SMILES string of the molecule is CN(C)CCSc1nnc(-c2ccc(NC(=O)C3CC3)cc2N2CCCCCC2)n1C. The Balaban J connectivity index is 1.62. The van der Waals surface area contributed by atoms with Crippen LogP contribution in [0.2, 0.25) is 0 Å². The summed E-state index contributed by atoms with van der Waals surface area (Å²) in [5.41, 5.74) is 3.11. The van der Waals surface area contributed by atoms with E-state index >= 15 is 0 Å². The van der Waals surface area contributed by atoms with Crippen LogP contribution in [0.5, 0.6) is 0 Å². The molecule has 2 fully saturated rings. The van der Waals surface area contributed by atoms with Crippen molar-refractivity contribution in [2.24, 2.45) is 13.0 Å². The molecule has 1 saturated carbocycles. The smallest absolute Gasteiger partial charge is 0.227 e. The first-order valence-corrected chi connectivity index (χ1v) is 12.4. The summed E-state index contributed by atoms with van der Waals surface area (Å²) in [6, 6.07) is 6.24. The summed E-state index contributed by atoms with van der Waals surface area (Å²) in [6.45, 7) is 3.08. The highest BCUT2D eigenvalue weighted by atomic mass is 32.2. The quantitative estimate of drug-likeness (QED) is 0.626. The number of aromatic nitrogens is 3. The number of hydrogen-bond acceptors (Lipinski definition) is 6. The minimum atomic E-state index is 0.146. The number of nitrogens with zero attached hydrogens (tertiary/aromatic N) is 5. The molecule has 0 unspecified atom stereocenters. The van der Waals surface area contributed by atoms with Crippen molar-refractivity contribution in [1.29, 1.82) is 0 Å². The summed E-state index contributed by atoms with van der Waals surface area (Å²) in [6.07, 6.45) is 6.97. The molecular formula is C23H34N6OS. The molecule has 168 valence electrons. The van der Waals surface area contributed by atoms with Crippen molar-refractivity contribution in [2.75, 3.05) is 49.7 Å². The molecule has 1 aromatic heterocycles. The summed E-state index contributed by atoms with van der Waals surface area (Å²) in [7, 11) is 6.21. The molecule has 1 aliphatic heterocycles. The van der Waals surface area contributed by atoms with Crippen LogP contribution in [0.4, 0.5) is 11.4 Å². The van der Waals surface area contributed by atoms with E-state index in [0.717, 1.165) is 66.1 Å². The largest absolute Gasteiger partial charge is 0.371 e. The Bertz CT molecular complexity index is 899. The zero-order chi connectivity index (χ0) is 21.8. The number of carbonyl (C=O) groups is 1. The predicted molar refractivity (Wildman–Crippen MR) is 128 cm³/mol. The van der Waals surface area contributed by atoms with Crippen LogP contribution in [0.3, 0.4) is 0 Å². The van der Waals surface area contributed by atoms with Gasteiger partial charge in [0.2, 0.25) is 5.91 Å². The Kier molecular flexibility index (Phi) is 7.17. The molecule has 1 aliphatic carbocycles. The molecule has 4 rings (SSSR count). The molecule has 2 aliphatic rings. The monoisotopic (exact) mass is 442 g/mol. The average Bonchev–Trinajstić information content (AvgIpc) is 3.56. The van der Waals surface area contributed by atoms with Gasteiger partial charge >= 0.3 is 0 Å². The van der Waals surface area contributed by atoms with Gasteiger partial charge in [0.25, 0.3) is 0 Å². The van der Waals surface area contributed by atoms with Gasteiger partial charge in [-0.1, -0.05) is 24.6 Å². The van der Waals surface area contributed by atoms with Crippen molar-refractivity contribution >= 4 is 29.0 Å². The van der Waals surface area contributed by atoms with E-state index in [-0.39, 0.29) is 11.8 Å². The third-order valence-corrected chi connectivity index (χ3v) is 7.01. The van der Waals surface area contributed by atoms with Crippen molar-refractivity contribution in [3.63, 3.8) is 0 Å². The maximum Gasteiger partial charge on any atom is 0.227 e. The summed E-state index contributed by atoms with van der Waals surface area (Å²) >= 11 is 1.73. The van der Waals surface area contributed by atoms with Crippen molar-refractivity contribution < 1.29 is 4.79 Å². The van der Waals surface area contributed by atoms with Crippen LogP contribution in [0.15, 0.2) is 23.4 Å². The fraction of sp³-hybridized carbons (Fsp3) is 0.609. The van der Waals surface area contributed by atoms with Crippen molar-refractivity contribution in [1.82, 2.24) is 19.7 Å². The summed E-state index contributed by atoms with van der Waals surface area (Å²) in [5, 5.41) is 13.1. The average molecular weight is 443 g/mol. The number of carbonyl (C=O) groups excluding carboxylic acids is 1. The molecule has 2 heterocycles. The normalized spacial score (nSPS) is 17.1. The Hall–Kier alpha value is -2.06. The summed E-state index contributed by atoms with van der Waals surface area (Å²) in [4.78, 5) is 17.0. The summed E-state index contributed by atoms with van der Waals surface area (Å²) in [5.74, 6) is 2.20. The van der Waals surface area contributed by atoms with Gasteiger partial charge in [0.05, 0.1) is 0 Å². The Morgan fingerprint density at radius 3 is 2.58 bits per heavy atom. The van der Waals surface area contributed by atoms with Crippen LogP contribution >= 0.6 is 11.8 Å². The van der Waals surface area contributed by atoms with E-state index in [9.17, 15) is 4.79 Å². The molecule has 2 aromatic rings. The first-order chi connectivity index (χ1) is 15.0. The van der Waals surface area contributed by atoms with E-state index in [1.165, 1.54) is 25.7 Å². The molecule has 0 bridgehead atoms. The van der Waals surface area contributed by atoms with Crippen molar-refractivity contribution in [3.8, 4) is 11.4 Å². The van der Waals surface area contributed by atoms with Crippen LogP contribution in [-0.4, -0.2) is 65.1 Å². The highest BCUT2D eigenvalue weighted by molar-refractivity contribution is 7.99. The molecule has 1 saturated heterocycles. The third-order valence-electron chi connectivity index (χ3n) is 6.01. The van der Waals surface area contributed by atoms with Gasteiger partial charge < -0.3 is 19.7 Å². The second-order valence-corrected chi connectivity index (χ2v) is 9.98. The standard InChI is InChI=1S/C23H34N6OS/c1-27(2)14-15-31-23-26-25-21(28(23)3)19-11-10-18(24-22(30)17-8-9-17)16-20(19)29-12-6-4-5-7-13-29/h10-11,16-17H,4-9,12-15H2,1-3H3,(H,24,30). The number of benzene rings is 1. The topological polar surface area (TPSA) is 66.3 Å². The fourth-order valence-electron chi connectivity index (χ4n) is 3.96. The first-order valence-electron chi connectivity index (χ1n) is 11.4. The first kappa shape index (κ1) is 22.1. The molecule has 0 atom stereocenters. The van der Waals surface area contributed by atoms with Gasteiger partial charge in [-0.3, -0.25) is 4.79 Å². The van der Waals surface area contributed by atoms with E-state index in [2.05, 4.69) is 56.1 Å². The number of thioether (sulfide) groups is 1. The van der Waals surface area contributed by atoms with Gasteiger partial charge in [0, 0.05) is 55.3 Å². The second kappa shape index (κ2) is 10.0. The Morgan fingerprint density at radius 2 is 1.90 bits per heavy atom. The molecule has 8 heteroatoms. The molecule has 1 amide bonds. The number of nitrogens with one attached hydrogen (secondary N) is 1. The van der Waals surface area contributed by atoms with E-state index in [4.69, 9.17) is 0 Å². The molecule has 0 radical (unpaired) electrons. The van der Waals surface area contributed by atoms with E-state index in [0.29, 0.717) is 0 Å². The van der Waals surface area contributed by atoms with Gasteiger partial charge in [-0.25, -0.2) is 0 Å². The van der Waals surface area contributed by atoms with E-state index in [1.54, 1.807) is 11.8 Å². The summed E-state index contributed by atoms with van der Waals surface area (Å²) < 4.78 is 2.10. The lowest BCUT2D eigenvalue weighted by atomic mass is 10.1. The Labute approximate surface area is 189 Å². The van der Waals surface area contributed by atoms with Gasteiger partial charge in [-0.2, -0.15) is 0 Å². The molecule has 0 spiro atoms. The van der Waals surface area contributed by atoms with Gasteiger partial charge in [-0.15, -0.1) is 10.2 Å². The molecular weight excluding hydrogens is 408 g/mol. The van der Waals surface area contributed by atoms with E-state index in [1.807, 2.05) is 13.1 Å².